The van der Waals surface area contributed by atoms with Crippen LogP contribution in [0, 0.1) is 4.77 Å². The number of hydrogen-bond donors (Lipinski definition) is 2. The van der Waals surface area contributed by atoms with Gasteiger partial charge in [0.05, 0.1) is 20.3 Å². The molecule has 0 atom stereocenters. The van der Waals surface area contributed by atoms with E-state index in [0.717, 1.165) is 16.9 Å². The molecule has 0 spiro atoms. The van der Waals surface area contributed by atoms with E-state index >= 15 is 0 Å². The average molecular weight is 357 g/mol. The summed E-state index contributed by atoms with van der Waals surface area (Å²) >= 11 is 5.33. The summed E-state index contributed by atoms with van der Waals surface area (Å²) in [6, 6.07) is 9.54. The van der Waals surface area contributed by atoms with E-state index in [0.29, 0.717) is 29.5 Å². The molecule has 0 aliphatic rings. The van der Waals surface area contributed by atoms with Crippen molar-refractivity contribution >= 4 is 12.2 Å². The number of nitrogens with zero attached hydrogens (tertiary/aromatic N) is 3. The van der Waals surface area contributed by atoms with Crippen molar-refractivity contribution in [2.75, 3.05) is 19.1 Å². The topological polar surface area (TPSA) is 77.0 Å². The zero-order valence-electron chi connectivity index (χ0n) is 14.0. The summed E-state index contributed by atoms with van der Waals surface area (Å²) in [5.74, 6) is 2.11. The molecule has 0 saturated carbocycles. The number of aromatic nitrogens is 4. The Balaban J connectivity index is 1.88. The van der Waals surface area contributed by atoms with Crippen molar-refractivity contribution < 1.29 is 9.47 Å². The van der Waals surface area contributed by atoms with Crippen LogP contribution >= 0.6 is 12.2 Å². The monoisotopic (exact) mass is 357 g/mol. The molecule has 8 heteroatoms. The maximum atomic E-state index is 5.74. The predicted octanol–water partition coefficient (Wildman–Crippen LogP) is 3.15. The van der Waals surface area contributed by atoms with Gasteiger partial charge in [0.25, 0.3) is 0 Å². The van der Waals surface area contributed by atoms with E-state index in [4.69, 9.17) is 21.7 Å². The number of pyridine rings is 1. The van der Waals surface area contributed by atoms with E-state index in [-0.39, 0.29) is 0 Å². The fourth-order valence-corrected chi connectivity index (χ4v) is 2.67. The normalized spacial score (nSPS) is 10.5. The molecular weight excluding hydrogens is 338 g/mol. The Kier molecular flexibility index (Phi) is 5.30. The molecule has 3 rings (SSSR count). The highest BCUT2D eigenvalue weighted by Gasteiger charge is 2.12. The summed E-state index contributed by atoms with van der Waals surface area (Å²) in [6.45, 7) is 3.00. The van der Waals surface area contributed by atoms with Crippen LogP contribution in [0.15, 0.2) is 42.7 Å². The van der Waals surface area contributed by atoms with Crippen LogP contribution in [0.1, 0.15) is 12.5 Å². The molecule has 1 aromatic carbocycles. The third-order valence-corrected chi connectivity index (χ3v) is 3.88. The Bertz CT molecular complexity index is 892. The molecule has 0 amide bonds. The van der Waals surface area contributed by atoms with Gasteiger partial charge in [0.1, 0.15) is 0 Å². The highest BCUT2D eigenvalue weighted by molar-refractivity contribution is 7.71. The lowest BCUT2D eigenvalue weighted by Crippen LogP contribution is -2.16. The quantitative estimate of drug-likeness (QED) is 0.633. The van der Waals surface area contributed by atoms with Gasteiger partial charge in [-0.3, -0.25) is 4.98 Å². The molecule has 3 aromatic rings. The first-order valence-corrected chi connectivity index (χ1v) is 8.25. The minimum absolute atomic E-state index is 0.479. The number of ether oxygens (including phenoxy) is 2. The van der Waals surface area contributed by atoms with Crippen molar-refractivity contribution in [3.63, 3.8) is 0 Å². The number of para-hydroxylation sites is 1. The maximum absolute atomic E-state index is 5.74. The molecule has 0 unspecified atom stereocenters. The van der Waals surface area contributed by atoms with Gasteiger partial charge in [-0.05, 0) is 37.3 Å². The molecule has 2 aromatic heterocycles. The van der Waals surface area contributed by atoms with Crippen LogP contribution in [-0.4, -0.2) is 33.6 Å². The van der Waals surface area contributed by atoms with Gasteiger partial charge in [-0.15, -0.1) is 0 Å². The molecular formula is C17H19N5O2S. The fraction of sp³-hybridized carbons (Fsp3) is 0.235. The van der Waals surface area contributed by atoms with Crippen LogP contribution in [0.4, 0.5) is 0 Å². The highest BCUT2D eigenvalue weighted by Crippen LogP contribution is 2.31. The first kappa shape index (κ1) is 17.0. The van der Waals surface area contributed by atoms with Gasteiger partial charge in [-0.25, -0.2) is 9.77 Å². The minimum Gasteiger partial charge on any atom is -0.493 e. The molecule has 2 heterocycles. The first-order valence-electron chi connectivity index (χ1n) is 7.85. The summed E-state index contributed by atoms with van der Waals surface area (Å²) in [7, 11) is 1.63. The molecule has 0 aliphatic heterocycles. The Morgan fingerprint density at radius 2 is 2.04 bits per heavy atom. The third-order valence-electron chi connectivity index (χ3n) is 3.61. The summed E-state index contributed by atoms with van der Waals surface area (Å²) in [5.41, 5.74) is 5.16. The van der Waals surface area contributed by atoms with Crippen LogP contribution in [0.25, 0.3) is 11.4 Å². The third kappa shape index (κ3) is 3.63. The Labute approximate surface area is 150 Å². The van der Waals surface area contributed by atoms with Gasteiger partial charge in [-0.2, -0.15) is 5.10 Å². The van der Waals surface area contributed by atoms with Crippen LogP contribution in [0.3, 0.4) is 0 Å². The van der Waals surface area contributed by atoms with E-state index in [1.54, 1.807) is 24.2 Å². The summed E-state index contributed by atoms with van der Waals surface area (Å²) in [6.07, 6.45) is 3.43. The van der Waals surface area contributed by atoms with Crippen LogP contribution < -0.4 is 14.9 Å². The number of aromatic amines is 1. The van der Waals surface area contributed by atoms with Gasteiger partial charge >= 0.3 is 0 Å². The van der Waals surface area contributed by atoms with E-state index in [1.165, 1.54) is 0 Å². The number of nitrogens with one attached hydrogen (secondary N) is 2. The standard InChI is InChI=1S/C17H19N5O2S/c1-3-24-15-13(5-4-6-14(15)23-2)11-19-22-16(20-21-17(22)25)12-7-9-18-10-8-12/h4-10,19H,3,11H2,1-2H3,(H,21,25). The lowest BCUT2D eigenvalue weighted by Gasteiger charge is -2.16. The Morgan fingerprint density at radius 3 is 2.76 bits per heavy atom. The largest absolute Gasteiger partial charge is 0.493 e. The second-order valence-electron chi connectivity index (χ2n) is 5.14. The van der Waals surface area contributed by atoms with Gasteiger partial charge < -0.3 is 14.9 Å². The number of hydrogen-bond acceptors (Lipinski definition) is 6. The SMILES string of the molecule is CCOc1c(CNn2c(-c3ccncc3)n[nH]c2=S)cccc1OC. The summed E-state index contributed by atoms with van der Waals surface area (Å²) in [5, 5.41) is 7.10. The summed E-state index contributed by atoms with van der Waals surface area (Å²) < 4.78 is 13.3. The maximum Gasteiger partial charge on any atom is 0.214 e. The second kappa shape index (κ2) is 7.80. The van der Waals surface area contributed by atoms with Gasteiger partial charge in [0.2, 0.25) is 4.77 Å². The van der Waals surface area contributed by atoms with Crippen molar-refractivity contribution in [3.8, 4) is 22.9 Å². The van der Waals surface area contributed by atoms with Crippen LogP contribution in [0.2, 0.25) is 0 Å². The minimum atomic E-state index is 0.479. The zero-order valence-corrected chi connectivity index (χ0v) is 14.8. The van der Waals surface area contributed by atoms with E-state index in [2.05, 4.69) is 20.6 Å². The molecule has 0 aliphatic carbocycles. The summed E-state index contributed by atoms with van der Waals surface area (Å²) in [4.78, 5) is 4.03. The number of methoxy groups -OCH3 is 1. The number of rotatable bonds is 7. The molecule has 7 nitrogen and oxygen atoms in total. The van der Waals surface area contributed by atoms with Crippen molar-refractivity contribution in [1.82, 2.24) is 19.9 Å². The molecule has 0 radical (unpaired) electrons. The Morgan fingerprint density at radius 1 is 1.24 bits per heavy atom. The smallest absolute Gasteiger partial charge is 0.214 e. The highest BCUT2D eigenvalue weighted by atomic mass is 32.1. The predicted molar refractivity (Wildman–Crippen MR) is 97.9 cm³/mol. The van der Waals surface area contributed by atoms with Crippen molar-refractivity contribution in [3.05, 3.63) is 53.1 Å². The molecule has 130 valence electrons. The molecule has 0 saturated heterocycles. The molecule has 2 N–H and O–H groups in total. The molecule has 0 bridgehead atoms. The lowest BCUT2D eigenvalue weighted by atomic mass is 10.2. The second-order valence-corrected chi connectivity index (χ2v) is 5.53. The molecule has 0 fully saturated rings. The van der Waals surface area contributed by atoms with Gasteiger partial charge in [0.15, 0.2) is 17.3 Å². The van der Waals surface area contributed by atoms with Crippen molar-refractivity contribution in [2.45, 2.75) is 13.5 Å². The van der Waals surface area contributed by atoms with E-state index < -0.39 is 0 Å². The number of H-pyrrole nitrogens is 1. The zero-order chi connectivity index (χ0) is 17.6. The lowest BCUT2D eigenvalue weighted by molar-refractivity contribution is 0.307. The van der Waals surface area contributed by atoms with E-state index in [9.17, 15) is 0 Å². The van der Waals surface area contributed by atoms with Gasteiger partial charge in [-0.1, -0.05) is 12.1 Å². The molecule has 25 heavy (non-hydrogen) atoms. The van der Waals surface area contributed by atoms with Crippen molar-refractivity contribution in [2.24, 2.45) is 0 Å². The first-order chi connectivity index (χ1) is 12.2. The van der Waals surface area contributed by atoms with E-state index in [1.807, 2.05) is 37.3 Å². The van der Waals surface area contributed by atoms with Crippen LogP contribution in [-0.2, 0) is 6.54 Å². The number of benzene rings is 1. The van der Waals surface area contributed by atoms with Crippen LogP contribution in [0.5, 0.6) is 11.5 Å². The Hall–Kier alpha value is -2.87. The average Bonchev–Trinajstić information content (AvgIpc) is 3.02. The van der Waals surface area contributed by atoms with Gasteiger partial charge in [0, 0.05) is 23.5 Å². The van der Waals surface area contributed by atoms with Crippen molar-refractivity contribution in [1.29, 1.82) is 0 Å². The fourth-order valence-electron chi connectivity index (χ4n) is 2.47.